The van der Waals surface area contributed by atoms with Crippen LogP contribution in [0.4, 0.5) is 15.2 Å². The molecule has 1 aromatic heterocycles. The molecule has 1 atom stereocenters. The van der Waals surface area contributed by atoms with E-state index in [0.717, 1.165) is 0 Å². The Labute approximate surface area is 120 Å². The van der Waals surface area contributed by atoms with Crippen LogP contribution >= 0.6 is 27.3 Å². The summed E-state index contributed by atoms with van der Waals surface area (Å²) in [6.45, 7) is 0. The maximum atomic E-state index is 12.9. The van der Waals surface area contributed by atoms with E-state index in [-0.39, 0.29) is 11.5 Å². The molecule has 19 heavy (non-hydrogen) atoms. The molecule has 2 rings (SSSR count). The summed E-state index contributed by atoms with van der Waals surface area (Å²) in [5.74, 6) is -1.50. The van der Waals surface area contributed by atoms with Crippen LogP contribution in [0.3, 0.4) is 0 Å². The van der Waals surface area contributed by atoms with Gasteiger partial charge in [-0.2, -0.15) is 0 Å². The molecule has 0 radical (unpaired) electrons. The first-order chi connectivity index (χ1) is 8.97. The fourth-order valence-electron chi connectivity index (χ4n) is 1.32. The Hall–Kier alpha value is -1.51. The van der Waals surface area contributed by atoms with Crippen molar-refractivity contribution in [1.29, 1.82) is 0 Å². The second kappa shape index (κ2) is 5.64. The number of rotatable bonds is 4. The standard InChI is InChI=1S/C11H9BrFN3O2S/c12-6-3-5(13)1-2-7(6)15-11-16-8(4-19-11)9(14)10(17)18/h1-4,9H,14H2,(H,15,16)(H,17,18). The van der Waals surface area contributed by atoms with Crippen molar-refractivity contribution in [3.8, 4) is 0 Å². The zero-order chi connectivity index (χ0) is 14.0. The lowest BCUT2D eigenvalue weighted by molar-refractivity contribution is -0.138. The van der Waals surface area contributed by atoms with Gasteiger partial charge in [0, 0.05) is 9.85 Å². The van der Waals surface area contributed by atoms with Crippen LogP contribution in [0.25, 0.3) is 0 Å². The number of thiazole rings is 1. The van der Waals surface area contributed by atoms with Crippen LogP contribution < -0.4 is 11.1 Å². The summed E-state index contributed by atoms with van der Waals surface area (Å²) in [6.07, 6.45) is 0. The molecule has 0 saturated heterocycles. The van der Waals surface area contributed by atoms with Crippen molar-refractivity contribution in [1.82, 2.24) is 4.98 Å². The highest BCUT2D eigenvalue weighted by Crippen LogP contribution is 2.29. The number of hydrogen-bond donors (Lipinski definition) is 3. The van der Waals surface area contributed by atoms with Gasteiger partial charge in [-0.3, -0.25) is 4.79 Å². The van der Waals surface area contributed by atoms with Crippen molar-refractivity contribution < 1.29 is 14.3 Å². The third-order valence-electron chi connectivity index (χ3n) is 2.28. The smallest absolute Gasteiger partial charge is 0.326 e. The first-order valence-electron chi connectivity index (χ1n) is 5.13. The van der Waals surface area contributed by atoms with Gasteiger partial charge >= 0.3 is 5.97 Å². The van der Waals surface area contributed by atoms with Crippen molar-refractivity contribution in [2.45, 2.75) is 6.04 Å². The number of aliphatic carboxylic acids is 1. The number of halogens is 2. The third-order valence-corrected chi connectivity index (χ3v) is 3.71. The summed E-state index contributed by atoms with van der Waals surface area (Å²) in [6, 6.07) is 3.03. The molecule has 5 nitrogen and oxygen atoms in total. The Kier molecular flexibility index (Phi) is 4.13. The normalized spacial score (nSPS) is 12.2. The quantitative estimate of drug-likeness (QED) is 0.792. The van der Waals surface area contributed by atoms with Crippen molar-refractivity contribution in [2.75, 3.05) is 5.32 Å². The van der Waals surface area contributed by atoms with Gasteiger partial charge in [-0.05, 0) is 34.1 Å². The lowest BCUT2D eigenvalue weighted by Crippen LogP contribution is -2.20. The Morgan fingerprint density at radius 1 is 1.58 bits per heavy atom. The molecule has 0 aliphatic rings. The molecule has 0 saturated carbocycles. The molecule has 0 fully saturated rings. The Morgan fingerprint density at radius 3 is 2.95 bits per heavy atom. The molecule has 0 amide bonds. The van der Waals surface area contributed by atoms with Crippen LogP contribution in [-0.2, 0) is 4.79 Å². The lowest BCUT2D eigenvalue weighted by atomic mass is 10.2. The van der Waals surface area contributed by atoms with E-state index in [1.54, 1.807) is 11.4 Å². The number of hydrogen-bond acceptors (Lipinski definition) is 5. The van der Waals surface area contributed by atoms with E-state index in [0.29, 0.717) is 15.3 Å². The summed E-state index contributed by atoms with van der Waals surface area (Å²) in [4.78, 5) is 14.8. The maximum absolute atomic E-state index is 12.9. The minimum Gasteiger partial charge on any atom is -0.480 e. The largest absolute Gasteiger partial charge is 0.480 e. The zero-order valence-corrected chi connectivity index (χ0v) is 11.8. The van der Waals surface area contributed by atoms with Crippen LogP contribution in [0, 0.1) is 5.82 Å². The first-order valence-corrected chi connectivity index (χ1v) is 6.80. The number of carboxylic acids is 1. The number of nitrogens with two attached hydrogens (primary N) is 1. The maximum Gasteiger partial charge on any atom is 0.326 e. The van der Waals surface area contributed by atoms with E-state index >= 15 is 0 Å². The summed E-state index contributed by atoms with van der Waals surface area (Å²) < 4.78 is 13.5. The van der Waals surface area contributed by atoms with Crippen LogP contribution in [0.1, 0.15) is 11.7 Å². The summed E-state index contributed by atoms with van der Waals surface area (Å²) in [5.41, 5.74) is 6.36. The number of nitrogens with one attached hydrogen (secondary N) is 1. The van der Waals surface area contributed by atoms with E-state index < -0.39 is 12.0 Å². The summed E-state index contributed by atoms with van der Waals surface area (Å²) in [5, 5.41) is 13.8. The average Bonchev–Trinajstić information content (AvgIpc) is 2.80. The van der Waals surface area contributed by atoms with Gasteiger partial charge in [0.25, 0.3) is 0 Å². The number of benzene rings is 1. The predicted molar refractivity (Wildman–Crippen MR) is 74.1 cm³/mol. The third kappa shape index (κ3) is 3.28. The molecule has 1 aromatic carbocycles. The Bertz CT molecular complexity index is 620. The van der Waals surface area contributed by atoms with Gasteiger partial charge in [-0.15, -0.1) is 11.3 Å². The van der Waals surface area contributed by atoms with Crippen molar-refractivity contribution in [2.24, 2.45) is 5.73 Å². The SMILES string of the molecule is NC(C(=O)O)c1csc(Nc2ccc(F)cc2Br)n1. The molecule has 0 aliphatic carbocycles. The highest BCUT2D eigenvalue weighted by molar-refractivity contribution is 9.10. The molecule has 8 heteroatoms. The zero-order valence-electron chi connectivity index (χ0n) is 9.43. The molecular weight excluding hydrogens is 337 g/mol. The van der Waals surface area contributed by atoms with Crippen LogP contribution in [0.2, 0.25) is 0 Å². The van der Waals surface area contributed by atoms with E-state index in [9.17, 15) is 9.18 Å². The molecule has 4 N–H and O–H groups in total. The first kappa shape index (κ1) is 13.9. The van der Waals surface area contributed by atoms with Gasteiger partial charge in [-0.1, -0.05) is 0 Å². The van der Waals surface area contributed by atoms with Crippen LogP contribution in [-0.4, -0.2) is 16.1 Å². The second-order valence-corrected chi connectivity index (χ2v) is 5.36. The van der Waals surface area contributed by atoms with E-state index in [1.165, 1.54) is 23.5 Å². The Morgan fingerprint density at radius 2 is 2.32 bits per heavy atom. The van der Waals surface area contributed by atoms with E-state index in [2.05, 4.69) is 26.2 Å². The van der Waals surface area contributed by atoms with Gasteiger partial charge in [0.15, 0.2) is 5.13 Å². The second-order valence-electron chi connectivity index (χ2n) is 3.64. The fourth-order valence-corrected chi connectivity index (χ4v) is 2.53. The van der Waals surface area contributed by atoms with Gasteiger partial charge in [-0.25, -0.2) is 9.37 Å². The summed E-state index contributed by atoms with van der Waals surface area (Å²) >= 11 is 4.44. The molecule has 2 aromatic rings. The number of carbonyl (C=O) groups is 1. The molecular formula is C11H9BrFN3O2S. The average molecular weight is 346 g/mol. The topological polar surface area (TPSA) is 88.2 Å². The molecule has 100 valence electrons. The van der Waals surface area contributed by atoms with Crippen molar-refractivity contribution in [3.63, 3.8) is 0 Å². The Balaban J connectivity index is 2.18. The molecule has 1 unspecified atom stereocenters. The van der Waals surface area contributed by atoms with Crippen molar-refractivity contribution in [3.05, 3.63) is 39.6 Å². The van der Waals surface area contributed by atoms with Gasteiger partial charge < -0.3 is 16.2 Å². The molecule has 0 aliphatic heterocycles. The lowest BCUT2D eigenvalue weighted by Gasteiger charge is -2.05. The molecule has 1 heterocycles. The number of nitrogens with zero attached hydrogens (tertiary/aromatic N) is 1. The minimum atomic E-state index is -1.15. The fraction of sp³-hybridized carbons (Fsp3) is 0.0909. The highest BCUT2D eigenvalue weighted by Gasteiger charge is 2.17. The van der Waals surface area contributed by atoms with E-state index in [4.69, 9.17) is 10.8 Å². The van der Waals surface area contributed by atoms with Crippen LogP contribution in [0.5, 0.6) is 0 Å². The monoisotopic (exact) mass is 345 g/mol. The minimum absolute atomic E-state index is 0.276. The number of carboxylic acid groups (broad SMARTS) is 1. The van der Waals surface area contributed by atoms with Gasteiger partial charge in [0.05, 0.1) is 11.4 Å². The number of aromatic nitrogens is 1. The number of anilines is 2. The molecule has 0 bridgehead atoms. The summed E-state index contributed by atoms with van der Waals surface area (Å²) in [7, 11) is 0. The highest BCUT2D eigenvalue weighted by atomic mass is 79.9. The van der Waals surface area contributed by atoms with Gasteiger partial charge in [0.2, 0.25) is 0 Å². The predicted octanol–water partition coefficient (Wildman–Crippen LogP) is 2.87. The molecule has 0 spiro atoms. The van der Waals surface area contributed by atoms with Crippen LogP contribution in [0.15, 0.2) is 28.1 Å². The van der Waals surface area contributed by atoms with E-state index in [1.807, 2.05) is 0 Å². The van der Waals surface area contributed by atoms with Crippen molar-refractivity contribution >= 4 is 44.1 Å². The van der Waals surface area contributed by atoms with Gasteiger partial charge in [0.1, 0.15) is 11.9 Å².